The van der Waals surface area contributed by atoms with E-state index in [0.29, 0.717) is 0 Å². The first-order valence-electron chi connectivity index (χ1n) is 8.49. The van der Waals surface area contributed by atoms with Crippen LogP contribution in [0.4, 0.5) is 11.4 Å². The summed E-state index contributed by atoms with van der Waals surface area (Å²) in [7, 11) is 0. The van der Waals surface area contributed by atoms with Crippen LogP contribution in [0.25, 0.3) is 0 Å². The number of hydrogen-bond donors (Lipinski definition) is 1. The molecule has 114 valence electrons. The summed E-state index contributed by atoms with van der Waals surface area (Å²) in [6.45, 7) is 2.21. The van der Waals surface area contributed by atoms with E-state index in [1.54, 1.807) is 0 Å². The van der Waals surface area contributed by atoms with Crippen LogP contribution in [0.15, 0.2) is 24.3 Å². The second kappa shape index (κ2) is 6.97. The smallest absolute Gasteiger partial charge is 0.227 e. The van der Waals surface area contributed by atoms with Gasteiger partial charge in [0.15, 0.2) is 0 Å². The van der Waals surface area contributed by atoms with Crippen molar-refractivity contribution in [3.8, 4) is 0 Å². The maximum atomic E-state index is 12.5. The Morgan fingerprint density at radius 3 is 2.38 bits per heavy atom. The third kappa shape index (κ3) is 3.58. The largest absolute Gasteiger partial charge is 0.370 e. The lowest BCUT2D eigenvalue weighted by atomic mass is 9.88. The molecule has 3 nitrogen and oxygen atoms in total. The average molecular weight is 286 g/mol. The van der Waals surface area contributed by atoms with Gasteiger partial charge in [0.1, 0.15) is 0 Å². The number of hydrogen-bond acceptors (Lipinski definition) is 2. The van der Waals surface area contributed by atoms with Gasteiger partial charge in [-0.25, -0.2) is 0 Å². The number of para-hydroxylation sites is 2. The summed E-state index contributed by atoms with van der Waals surface area (Å²) >= 11 is 0. The van der Waals surface area contributed by atoms with Crippen molar-refractivity contribution in [3.05, 3.63) is 24.3 Å². The molecule has 3 rings (SSSR count). The second-order valence-corrected chi connectivity index (χ2v) is 6.39. The lowest BCUT2D eigenvalue weighted by Crippen LogP contribution is -2.31. The van der Waals surface area contributed by atoms with Crippen LogP contribution in [0.2, 0.25) is 0 Å². The van der Waals surface area contributed by atoms with Crippen molar-refractivity contribution < 1.29 is 4.79 Å². The zero-order valence-corrected chi connectivity index (χ0v) is 12.8. The zero-order valence-electron chi connectivity index (χ0n) is 12.8. The summed E-state index contributed by atoms with van der Waals surface area (Å²) in [5.74, 6) is 0.437. The molecule has 1 aliphatic carbocycles. The van der Waals surface area contributed by atoms with Crippen molar-refractivity contribution in [1.82, 2.24) is 0 Å². The van der Waals surface area contributed by atoms with Gasteiger partial charge in [0.05, 0.1) is 11.4 Å². The van der Waals surface area contributed by atoms with E-state index in [4.69, 9.17) is 0 Å². The number of nitrogens with one attached hydrogen (secondary N) is 1. The van der Waals surface area contributed by atoms with Gasteiger partial charge in [-0.05, 0) is 44.2 Å². The van der Waals surface area contributed by atoms with E-state index < -0.39 is 0 Å². The molecule has 1 aromatic rings. The molecule has 0 unspecified atom stereocenters. The minimum Gasteiger partial charge on any atom is -0.370 e. The first-order valence-corrected chi connectivity index (χ1v) is 8.49. The fraction of sp³-hybridized carbons (Fsp3) is 0.611. The molecule has 0 aromatic heterocycles. The van der Waals surface area contributed by atoms with Crippen LogP contribution >= 0.6 is 0 Å². The van der Waals surface area contributed by atoms with Gasteiger partial charge in [-0.3, -0.25) is 4.79 Å². The Hall–Kier alpha value is -1.51. The van der Waals surface area contributed by atoms with Gasteiger partial charge in [-0.1, -0.05) is 31.4 Å². The van der Waals surface area contributed by atoms with E-state index in [9.17, 15) is 4.79 Å². The summed E-state index contributed by atoms with van der Waals surface area (Å²) in [6.07, 6.45) is 9.63. The predicted octanol–water partition coefficient (Wildman–Crippen LogP) is 4.20. The number of amides is 1. The summed E-state index contributed by atoms with van der Waals surface area (Å²) in [5.41, 5.74) is 2.19. The molecule has 1 aromatic carbocycles. The number of benzene rings is 1. The van der Waals surface area contributed by atoms with Gasteiger partial charge in [0.2, 0.25) is 5.91 Å². The Labute approximate surface area is 127 Å². The summed E-state index contributed by atoms with van der Waals surface area (Å²) in [6, 6.07) is 8.27. The Morgan fingerprint density at radius 1 is 0.952 bits per heavy atom. The van der Waals surface area contributed by atoms with E-state index in [1.165, 1.54) is 44.2 Å². The van der Waals surface area contributed by atoms with Crippen LogP contribution < -0.4 is 10.2 Å². The Bertz CT molecular complexity index is 474. The number of anilines is 2. The van der Waals surface area contributed by atoms with Crippen molar-refractivity contribution in [2.75, 3.05) is 23.3 Å². The van der Waals surface area contributed by atoms with Gasteiger partial charge >= 0.3 is 0 Å². The Balaban J connectivity index is 1.70. The molecule has 1 aliphatic heterocycles. The Kier molecular flexibility index (Phi) is 4.79. The molecule has 0 radical (unpaired) electrons. The van der Waals surface area contributed by atoms with Crippen molar-refractivity contribution in [2.45, 2.75) is 51.4 Å². The van der Waals surface area contributed by atoms with Gasteiger partial charge < -0.3 is 10.2 Å². The maximum Gasteiger partial charge on any atom is 0.227 e. The molecule has 3 heteroatoms. The van der Waals surface area contributed by atoms with E-state index in [1.807, 2.05) is 12.1 Å². The number of nitrogens with zero attached hydrogens (tertiary/aromatic N) is 1. The van der Waals surface area contributed by atoms with E-state index in [0.717, 1.165) is 31.6 Å². The minimum atomic E-state index is 0.216. The van der Waals surface area contributed by atoms with Gasteiger partial charge in [-0.15, -0.1) is 0 Å². The summed E-state index contributed by atoms with van der Waals surface area (Å²) in [4.78, 5) is 14.9. The van der Waals surface area contributed by atoms with Crippen LogP contribution in [0, 0.1) is 5.92 Å². The van der Waals surface area contributed by atoms with Crippen molar-refractivity contribution in [1.29, 1.82) is 0 Å². The first-order chi connectivity index (χ1) is 10.3. The van der Waals surface area contributed by atoms with E-state index >= 15 is 0 Å². The lowest BCUT2D eigenvalue weighted by Gasteiger charge is -2.31. The molecule has 2 aliphatic rings. The van der Waals surface area contributed by atoms with E-state index in [-0.39, 0.29) is 11.8 Å². The highest BCUT2D eigenvalue weighted by Crippen LogP contribution is 2.30. The standard InChI is InChI=1S/C18H26N2O/c21-18(15-9-3-1-4-10-15)19-16-11-5-6-12-17(16)20-13-7-2-8-14-20/h5-6,11-12,15H,1-4,7-10,13-14H2,(H,19,21). The van der Waals surface area contributed by atoms with Gasteiger partial charge in [-0.2, -0.15) is 0 Å². The number of carbonyl (C=O) groups excluding carboxylic acids is 1. The van der Waals surface area contributed by atoms with Gasteiger partial charge in [0.25, 0.3) is 0 Å². The molecule has 0 spiro atoms. The first kappa shape index (κ1) is 14.4. The molecular formula is C18H26N2O. The fourth-order valence-corrected chi connectivity index (χ4v) is 3.59. The third-order valence-electron chi connectivity index (χ3n) is 4.83. The van der Waals surface area contributed by atoms with Gasteiger partial charge in [0, 0.05) is 19.0 Å². The highest BCUT2D eigenvalue weighted by atomic mass is 16.1. The molecule has 1 N–H and O–H groups in total. The highest BCUT2D eigenvalue weighted by molar-refractivity contribution is 5.95. The Morgan fingerprint density at radius 2 is 1.62 bits per heavy atom. The molecule has 0 bridgehead atoms. The highest BCUT2D eigenvalue weighted by Gasteiger charge is 2.22. The molecule has 2 fully saturated rings. The lowest BCUT2D eigenvalue weighted by molar-refractivity contribution is -0.120. The van der Waals surface area contributed by atoms with Crippen molar-refractivity contribution in [3.63, 3.8) is 0 Å². The predicted molar refractivity (Wildman–Crippen MR) is 87.7 cm³/mol. The summed E-state index contributed by atoms with van der Waals surface area (Å²) in [5, 5.41) is 3.20. The molecule has 21 heavy (non-hydrogen) atoms. The monoisotopic (exact) mass is 286 g/mol. The number of carbonyl (C=O) groups is 1. The van der Waals surface area contributed by atoms with Crippen molar-refractivity contribution >= 4 is 17.3 Å². The molecule has 1 saturated heterocycles. The third-order valence-corrected chi connectivity index (χ3v) is 4.83. The quantitative estimate of drug-likeness (QED) is 0.903. The van der Waals surface area contributed by atoms with Crippen LogP contribution in [0.3, 0.4) is 0 Å². The molecule has 1 saturated carbocycles. The average Bonchev–Trinajstić information content (AvgIpc) is 2.57. The summed E-state index contributed by atoms with van der Waals surface area (Å²) < 4.78 is 0. The van der Waals surface area contributed by atoms with E-state index in [2.05, 4.69) is 22.3 Å². The second-order valence-electron chi connectivity index (χ2n) is 6.39. The SMILES string of the molecule is O=C(Nc1ccccc1N1CCCCC1)C1CCCCC1. The molecular weight excluding hydrogens is 260 g/mol. The van der Waals surface area contributed by atoms with Crippen molar-refractivity contribution in [2.24, 2.45) is 5.92 Å². The van der Waals surface area contributed by atoms with Crippen LogP contribution in [-0.2, 0) is 4.79 Å². The maximum absolute atomic E-state index is 12.5. The number of piperidine rings is 1. The van der Waals surface area contributed by atoms with Crippen LogP contribution in [0.1, 0.15) is 51.4 Å². The molecule has 0 atom stereocenters. The number of rotatable bonds is 3. The fourth-order valence-electron chi connectivity index (χ4n) is 3.59. The van der Waals surface area contributed by atoms with Crippen LogP contribution in [-0.4, -0.2) is 19.0 Å². The minimum absolute atomic E-state index is 0.216. The molecule has 1 amide bonds. The topological polar surface area (TPSA) is 32.3 Å². The zero-order chi connectivity index (χ0) is 14.5. The molecule has 1 heterocycles. The normalized spacial score (nSPS) is 20.3. The van der Waals surface area contributed by atoms with Crippen LogP contribution in [0.5, 0.6) is 0 Å².